The fourth-order valence-corrected chi connectivity index (χ4v) is 1.57. The van der Waals surface area contributed by atoms with Gasteiger partial charge in [-0.2, -0.15) is 0 Å². The number of nitro benzene ring substituents is 1. The van der Waals surface area contributed by atoms with E-state index in [-0.39, 0.29) is 18.9 Å². The van der Waals surface area contributed by atoms with Gasteiger partial charge in [0.05, 0.1) is 23.7 Å². The van der Waals surface area contributed by atoms with E-state index in [9.17, 15) is 20.3 Å². The van der Waals surface area contributed by atoms with Crippen LogP contribution in [-0.4, -0.2) is 40.4 Å². The predicted molar refractivity (Wildman–Crippen MR) is 73.5 cm³/mol. The van der Waals surface area contributed by atoms with Crippen LogP contribution in [0.3, 0.4) is 0 Å². The summed E-state index contributed by atoms with van der Waals surface area (Å²) in [6.07, 6.45) is 0. The first kappa shape index (κ1) is 15.2. The lowest BCUT2D eigenvalue weighted by Gasteiger charge is -2.27. The molecule has 0 aromatic heterocycles. The summed E-state index contributed by atoms with van der Waals surface area (Å²) in [5, 5.41) is 35.2. The number of nitro groups is 1. The minimum absolute atomic E-state index is 0.0563. The first-order valence-corrected chi connectivity index (χ1v) is 5.97. The molecule has 4 N–H and O–H groups in total. The van der Waals surface area contributed by atoms with Gasteiger partial charge in [-0.15, -0.1) is 0 Å². The highest BCUT2D eigenvalue weighted by Gasteiger charge is 2.23. The lowest BCUT2D eigenvalue weighted by Crippen LogP contribution is -2.42. The Morgan fingerprint density at radius 2 is 1.84 bits per heavy atom. The number of benzene rings is 1. The van der Waals surface area contributed by atoms with E-state index in [1.807, 2.05) is 6.92 Å². The Hall–Kier alpha value is -1.86. The second-order valence-electron chi connectivity index (χ2n) is 4.56. The lowest BCUT2D eigenvalue weighted by atomic mass is 10.0. The second kappa shape index (κ2) is 6.35. The van der Waals surface area contributed by atoms with Gasteiger partial charge in [-0.05, 0) is 19.9 Å². The zero-order valence-electron chi connectivity index (χ0n) is 11.0. The first-order valence-electron chi connectivity index (χ1n) is 5.97. The maximum absolute atomic E-state index is 10.9. The molecule has 0 spiro atoms. The van der Waals surface area contributed by atoms with Gasteiger partial charge in [0, 0.05) is 30.1 Å². The van der Waals surface area contributed by atoms with Gasteiger partial charge in [-0.3, -0.25) is 10.1 Å². The molecule has 7 nitrogen and oxygen atoms in total. The molecular weight excluding hydrogens is 250 g/mol. The quantitative estimate of drug-likeness (QED) is 0.437. The molecule has 0 bridgehead atoms. The predicted octanol–water partition coefficient (Wildman–Crippen LogP) is 1.18. The number of aliphatic hydroxyl groups is 2. The molecule has 0 amide bonds. The first-order chi connectivity index (χ1) is 8.94. The molecule has 0 aliphatic heterocycles. The van der Waals surface area contributed by atoms with Gasteiger partial charge in [0.15, 0.2) is 0 Å². The molecule has 0 unspecified atom stereocenters. The van der Waals surface area contributed by atoms with Gasteiger partial charge in [-0.25, -0.2) is 0 Å². The molecule has 19 heavy (non-hydrogen) atoms. The van der Waals surface area contributed by atoms with Crippen LogP contribution in [0.2, 0.25) is 0 Å². The molecule has 1 aromatic rings. The van der Waals surface area contributed by atoms with Crippen LogP contribution in [0.1, 0.15) is 13.8 Å². The van der Waals surface area contributed by atoms with Crippen molar-refractivity contribution in [2.75, 3.05) is 30.4 Å². The van der Waals surface area contributed by atoms with E-state index in [1.165, 1.54) is 12.1 Å². The van der Waals surface area contributed by atoms with Gasteiger partial charge >= 0.3 is 0 Å². The third-order valence-corrected chi connectivity index (χ3v) is 2.65. The van der Waals surface area contributed by atoms with E-state index in [1.54, 1.807) is 13.0 Å². The average molecular weight is 269 g/mol. The molecule has 1 rings (SSSR count). The summed E-state index contributed by atoms with van der Waals surface area (Å²) in [7, 11) is 0. The zero-order chi connectivity index (χ0) is 14.5. The van der Waals surface area contributed by atoms with Crippen LogP contribution >= 0.6 is 0 Å². The molecule has 7 heteroatoms. The van der Waals surface area contributed by atoms with Crippen molar-refractivity contribution in [3.63, 3.8) is 0 Å². The molecule has 0 atom stereocenters. The molecule has 0 heterocycles. The van der Waals surface area contributed by atoms with Crippen molar-refractivity contribution in [2.45, 2.75) is 19.4 Å². The van der Waals surface area contributed by atoms with E-state index < -0.39 is 10.5 Å². The fourth-order valence-electron chi connectivity index (χ4n) is 1.57. The Morgan fingerprint density at radius 1 is 1.26 bits per heavy atom. The summed E-state index contributed by atoms with van der Waals surface area (Å²) in [5.74, 6) is 0. The van der Waals surface area contributed by atoms with Crippen molar-refractivity contribution in [1.82, 2.24) is 0 Å². The molecule has 106 valence electrons. The van der Waals surface area contributed by atoms with Crippen molar-refractivity contribution in [3.8, 4) is 0 Å². The van der Waals surface area contributed by atoms with Crippen LogP contribution < -0.4 is 10.6 Å². The number of non-ortho nitro benzene ring substituents is 1. The van der Waals surface area contributed by atoms with E-state index >= 15 is 0 Å². The number of hydrogen-bond donors (Lipinski definition) is 4. The van der Waals surface area contributed by atoms with Crippen molar-refractivity contribution in [2.24, 2.45) is 0 Å². The van der Waals surface area contributed by atoms with Gasteiger partial charge in [0.1, 0.15) is 0 Å². The maximum atomic E-state index is 10.9. The normalized spacial score (nSPS) is 11.2. The average Bonchev–Trinajstić information content (AvgIpc) is 2.38. The van der Waals surface area contributed by atoms with Crippen LogP contribution in [0.25, 0.3) is 0 Å². The van der Waals surface area contributed by atoms with Crippen molar-refractivity contribution < 1.29 is 15.1 Å². The van der Waals surface area contributed by atoms with Gasteiger partial charge in [0.25, 0.3) is 5.69 Å². The van der Waals surface area contributed by atoms with Gasteiger partial charge in [0.2, 0.25) is 0 Å². The molecule has 0 radical (unpaired) electrons. The third-order valence-electron chi connectivity index (χ3n) is 2.65. The van der Waals surface area contributed by atoms with E-state index in [0.29, 0.717) is 17.9 Å². The molecule has 0 saturated heterocycles. The van der Waals surface area contributed by atoms with E-state index in [0.717, 1.165) is 0 Å². The zero-order valence-corrected chi connectivity index (χ0v) is 11.0. The number of hydrogen-bond acceptors (Lipinski definition) is 6. The Kier molecular flexibility index (Phi) is 5.08. The van der Waals surface area contributed by atoms with Crippen LogP contribution in [0.5, 0.6) is 0 Å². The standard InChI is InChI=1S/C12H19N3O4/c1-3-13-9-4-10(6-11(5-9)15(18)19)14-12(2,7-16)8-17/h4-6,13-14,16-17H,3,7-8H2,1-2H3. The van der Waals surface area contributed by atoms with Crippen LogP contribution in [0.15, 0.2) is 18.2 Å². The Morgan fingerprint density at radius 3 is 2.32 bits per heavy atom. The summed E-state index contributed by atoms with van der Waals surface area (Å²) in [6.45, 7) is 3.57. The third kappa shape index (κ3) is 4.08. The summed E-state index contributed by atoms with van der Waals surface area (Å²) in [5.41, 5.74) is 0.0889. The lowest BCUT2D eigenvalue weighted by molar-refractivity contribution is -0.384. The van der Waals surface area contributed by atoms with Crippen molar-refractivity contribution in [1.29, 1.82) is 0 Å². The summed E-state index contributed by atoms with van der Waals surface area (Å²) >= 11 is 0. The molecule has 0 fully saturated rings. The maximum Gasteiger partial charge on any atom is 0.273 e. The number of rotatable bonds is 7. The minimum atomic E-state index is -0.932. The Bertz CT molecular complexity index is 447. The smallest absolute Gasteiger partial charge is 0.273 e. The molecule has 0 aliphatic carbocycles. The SMILES string of the molecule is CCNc1cc(NC(C)(CO)CO)cc([N+](=O)[O-])c1. The van der Waals surface area contributed by atoms with Crippen molar-refractivity contribution in [3.05, 3.63) is 28.3 Å². The highest BCUT2D eigenvalue weighted by atomic mass is 16.6. The monoisotopic (exact) mass is 269 g/mol. The van der Waals surface area contributed by atoms with Crippen LogP contribution in [0.4, 0.5) is 17.1 Å². The fraction of sp³-hybridized carbons (Fsp3) is 0.500. The molecule has 0 saturated carbocycles. The highest BCUT2D eigenvalue weighted by Crippen LogP contribution is 2.26. The van der Waals surface area contributed by atoms with Gasteiger partial charge in [-0.1, -0.05) is 0 Å². The van der Waals surface area contributed by atoms with Crippen LogP contribution in [0, 0.1) is 10.1 Å². The number of aliphatic hydroxyl groups excluding tert-OH is 2. The summed E-state index contributed by atoms with van der Waals surface area (Å²) in [4.78, 5) is 10.4. The number of nitrogens with one attached hydrogen (secondary N) is 2. The molecule has 0 aliphatic rings. The van der Waals surface area contributed by atoms with Crippen molar-refractivity contribution >= 4 is 17.1 Å². The summed E-state index contributed by atoms with van der Waals surface area (Å²) in [6, 6.07) is 4.49. The molecule has 1 aromatic carbocycles. The van der Waals surface area contributed by atoms with E-state index in [2.05, 4.69) is 10.6 Å². The Labute approximate surface area is 111 Å². The van der Waals surface area contributed by atoms with Gasteiger partial charge < -0.3 is 20.8 Å². The van der Waals surface area contributed by atoms with E-state index in [4.69, 9.17) is 0 Å². The Balaban J connectivity index is 3.08. The molecular formula is C12H19N3O4. The topological polar surface area (TPSA) is 108 Å². The number of nitrogens with zero attached hydrogens (tertiary/aromatic N) is 1. The largest absolute Gasteiger partial charge is 0.394 e. The minimum Gasteiger partial charge on any atom is -0.394 e. The second-order valence-corrected chi connectivity index (χ2v) is 4.56. The van der Waals surface area contributed by atoms with Crippen LogP contribution in [-0.2, 0) is 0 Å². The number of anilines is 2. The highest BCUT2D eigenvalue weighted by molar-refractivity contribution is 5.64. The summed E-state index contributed by atoms with van der Waals surface area (Å²) < 4.78 is 0.